The number of rotatable bonds is 5. The molecule has 0 fully saturated rings. The fourth-order valence-corrected chi connectivity index (χ4v) is 12.9. The number of hydrogen-bond donors (Lipinski definition) is 0. The van der Waals surface area contributed by atoms with Gasteiger partial charge in [-0.1, -0.05) is 164 Å². The van der Waals surface area contributed by atoms with Crippen LogP contribution in [0.3, 0.4) is 0 Å². The van der Waals surface area contributed by atoms with Gasteiger partial charge in [0.05, 0.1) is 27.8 Å². The van der Waals surface area contributed by atoms with E-state index in [9.17, 15) is 0 Å². The molecule has 0 bridgehead atoms. The van der Waals surface area contributed by atoms with Crippen molar-refractivity contribution in [2.75, 3.05) is 0 Å². The highest BCUT2D eigenvalue weighted by atomic mass is 28.3. The largest absolute Gasteiger partial charge is 0.457 e. The van der Waals surface area contributed by atoms with Crippen molar-refractivity contribution in [2.45, 2.75) is 0 Å². The van der Waals surface area contributed by atoms with Crippen LogP contribution >= 0.6 is 0 Å². The Morgan fingerprint density at radius 3 is 1.61 bits per heavy atom. The van der Waals surface area contributed by atoms with E-state index in [1.54, 1.807) is 0 Å². The summed E-state index contributed by atoms with van der Waals surface area (Å²) in [6, 6.07) is 66.6. The first-order chi connectivity index (χ1) is 25.3. The van der Waals surface area contributed by atoms with Crippen LogP contribution in [0.25, 0.3) is 50.3 Å². The fourth-order valence-electron chi connectivity index (χ4n) is 7.98. The molecule has 0 N–H and O–H groups in total. The smallest absolute Gasteiger partial charge is 0.235 e. The molecule has 5 heteroatoms. The van der Waals surface area contributed by atoms with Crippen LogP contribution in [0.5, 0.6) is 11.5 Å². The summed E-state index contributed by atoms with van der Waals surface area (Å²) in [6.07, 6.45) is 0. The highest BCUT2D eigenvalue weighted by molar-refractivity contribution is 7.20. The van der Waals surface area contributed by atoms with Gasteiger partial charge in [0.15, 0.2) is 8.07 Å². The Hall–Kier alpha value is -6.56. The molecule has 1 aliphatic rings. The number of aromatic nitrogens is 3. The molecular formula is C46H31N3OSi. The molecule has 0 saturated carbocycles. The Kier molecular flexibility index (Phi) is 6.79. The summed E-state index contributed by atoms with van der Waals surface area (Å²) in [5.74, 6) is 2.43. The summed E-state index contributed by atoms with van der Waals surface area (Å²) in [5.41, 5.74) is 5.85. The van der Waals surface area contributed by atoms with Crippen molar-refractivity contribution in [3.63, 3.8) is 0 Å². The van der Waals surface area contributed by atoms with Gasteiger partial charge in [0.25, 0.3) is 0 Å². The topological polar surface area (TPSA) is 39.9 Å². The van der Waals surface area contributed by atoms with E-state index in [4.69, 9.17) is 14.7 Å². The number of ether oxygens (including phenoxy) is 1. The average Bonchev–Trinajstić information content (AvgIpc) is 3.56. The lowest BCUT2D eigenvalue weighted by Gasteiger charge is -2.39. The highest BCUT2D eigenvalue weighted by Crippen LogP contribution is 2.41. The number of hydrogen-bond acceptors (Lipinski definition) is 3. The van der Waals surface area contributed by atoms with Gasteiger partial charge in [-0.2, -0.15) is 0 Å². The maximum Gasteiger partial charge on any atom is 0.235 e. The van der Waals surface area contributed by atoms with Gasteiger partial charge < -0.3 is 4.74 Å². The molecule has 51 heavy (non-hydrogen) atoms. The lowest BCUT2D eigenvalue weighted by atomic mass is 10.1. The minimum Gasteiger partial charge on any atom is -0.457 e. The maximum absolute atomic E-state index is 7.11. The van der Waals surface area contributed by atoms with Crippen molar-refractivity contribution in [3.8, 4) is 40.0 Å². The van der Waals surface area contributed by atoms with Gasteiger partial charge in [-0.3, -0.25) is 4.57 Å². The first kappa shape index (κ1) is 29.4. The second kappa shape index (κ2) is 11.8. The number of nitrogens with zero attached hydrogens (tertiary/aromatic N) is 3. The maximum atomic E-state index is 7.11. The van der Waals surface area contributed by atoms with Crippen LogP contribution in [-0.2, 0) is 0 Å². The highest BCUT2D eigenvalue weighted by Gasteiger charge is 2.48. The second-order valence-corrected chi connectivity index (χ2v) is 16.7. The summed E-state index contributed by atoms with van der Waals surface area (Å²) >= 11 is 0. The van der Waals surface area contributed by atoms with Gasteiger partial charge in [-0.15, -0.1) is 0 Å². The van der Waals surface area contributed by atoms with Crippen molar-refractivity contribution in [1.82, 2.24) is 14.5 Å². The van der Waals surface area contributed by atoms with E-state index in [0.717, 1.165) is 55.8 Å². The lowest BCUT2D eigenvalue weighted by Crippen LogP contribution is -2.76. The molecule has 1 aliphatic heterocycles. The Bertz CT molecular complexity index is 2610. The van der Waals surface area contributed by atoms with Gasteiger partial charge in [-0.05, 0) is 45.0 Å². The standard InChI is InChI=1S/C46H31N3OSi/c1-5-17-32(18-6-1)37-31-38(33-19-7-2-8-20-33)48-46(47-37)49-39-26-14-13-25-36(39)44-40(49)29-30-43-45(44)50-41-27-15-16-28-42(41)51(43,34-21-9-3-10-22-34)35-23-11-4-12-24-35/h1-31H. The van der Waals surface area contributed by atoms with Crippen molar-refractivity contribution in [3.05, 3.63) is 188 Å². The fraction of sp³-hybridized carbons (Fsp3) is 0. The Balaban J connectivity index is 1.31. The van der Waals surface area contributed by atoms with Crippen molar-refractivity contribution >= 4 is 50.6 Å². The molecule has 10 rings (SSSR count). The molecule has 3 heterocycles. The average molecular weight is 670 g/mol. The summed E-state index contributed by atoms with van der Waals surface area (Å²) in [5, 5.41) is 7.30. The van der Waals surface area contributed by atoms with Crippen LogP contribution in [0, 0.1) is 0 Å². The van der Waals surface area contributed by atoms with E-state index in [1.807, 2.05) is 12.1 Å². The normalized spacial score (nSPS) is 13.0. The Morgan fingerprint density at radius 2 is 0.980 bits per heavy atom. The molecule has 9 aromatic rings. The van der Waals surface area contributed by atoms with Crippen molar-refractivity contribution in [2.24, 2.45) is 0 Å². The van der Waals surface area contributed by atoms with Crippen LogP contribution in [0.2, 0.25) is 0 Å². The predicted molar refractivity (Wildman–Crippen MR) is 211 cm³/mol. The molecule has 0 amide bonds. The summed E-state index contributed by atoms with van der Waals surface area (Å²) in [4.78, 5) is 10.5. The first-order valence-corrected chi connectivity index (χ1v) is 19.3. The van der Waals surface area contributed by atoms with E-state index < -0.39 is 8.07 Å². The summed E-state index contributed by atoms with van der Waals surface area (Å²) < 4.78 is 9.32. The monoisotopic (exact) mass is 669 g/mol. The van der Waals surface area contributed by atoms with Crippen LogP contribution in [0.1, 0.15) is 0 Å². The Morgan fingerprint density at radius 1 is 0.451 bits per heavy atom. The SMILES string of the molecule is c1ccc(-c2cc(-c3ccccc3)nc(-n3c4ccccc4c4c5c(ccc43)[Si](c3ccccc3)(c3ccccc3)c3ccccc3O5)n2)cc1. The van der Waals surface area contributed by atoms with Crippen LogP contribution in [0.4, 0.5) is 0 Å². The van der Waals surface area contributed by atoms with Gasteiger partial charge in [-0.25, -0.2) is 9.97 Å². The quantitative estimate of drug-likeness (QED) is 0.173. The Labute approximate surface area is 296 Å². The molecule has 0 saturated heterocycles. The third kappa shape index (κ3) is 4.52. The van der Waals surface area contributed by atoms with Gasteiger partial charge in [0.1, 0.15) is 11.5 Å². The van der Waals surface area contributed by atoms with Gasteiger partial charge >= 0.3 is 0 Å². The summed E-state index contributed by atoms with van der Waals surface area (Å²) in [7, 11) is -2.82. The van der Waals surface area contributed by atoms with E-state index in [1.165, 1.54) is 20.7 Å². The molecule has 0 atom stereocenters. The third-order valence-corrected chi connectivity index (χ3v) is 15.0. The molecule has 2 aromatic heterocycles. The number of para-hydroxylation sites is 2. The van der Waals surface area contributed by atoms with Gasteiger partial charge in [0, 0.05) is 16.5 Å². The molecular weight excluding hydrogens is 639 g/mol. The van der Waals surface area contributed by atoms with Crippen molar-refractivity contribution in [1.29, 1.82) is 0 Å². The molecule has 7 aromatic carbocycles. The number of fused-ring (bicyclic) bond motifs is 6. The van der Waals surface area contributed by atoms with Crippen LogP contribution in [0.15, 0.2) is 188 Å². The van der Waals surface area contributed by atoms with E-state index in [-0.39, 0.29) is 0 Å². The van der Waals surface area contributed by atoms with Crippen LogP contribution < -0.4 is 25.5 Å². The minimum absolute atomic E-state index is 0.618. The van der Waals surface area contributed by atoms with E-state index >= 15 is 0 Å². The molecule has 0 unspecified atom stereocenters. The van der Waals surface area contributed by atoms with E-state index in [0.29, 0.717) is 5.95 Å². The molecule has 240 valence electrons. The molecule has 0 spiro atoms. The zero-order valence-corrected chi connectivity index (χ0v) is 28.6. The summed E-state index contributed by atoms with van der Waals surface area (Å²) in [6.45, 7) is 0. The van der Waals surface area contributed by atoms with E-state index in [2.05, 4.69) is 180 Å². The third-order valence-electron chi connectivity index (χ3n) is 10.2. The zero-order chi connectivity index (χ0) is 33.8. The second-order valence-electron chi connectivity index (χ2n) is 12.9. The molecule has 4 nitrogen and oxygen atoms in total. The van der Waals surface area contributed by atoms with Crippen molar-refractivity contribution < 1.29 is 4.74 Å². The van der Waals surface area contributed by atoms with Crippen LogP contribution in [-0.4, -0.2) is 22.6 Å². The minimum atomic E-state index is -2.82. The molecule has 0 aliphatic carbocycles. The zero-order valence-electron chi connectivity index (χ0n) is 27.6. The number of benzene rings is 7. The lowest BCUT2D eigenvalue weighted by molar-refractivity contribution is 0.493. The first-order valence-electron chi connectivity index (χ1n) is 17.3. The van der Waals surface area contributed by atoms with Gasteiger partial charge in [0.2, 0.25) is 5.95 Å². The molecule has 0 radical (unpaired) electrons. The predicted octanol–water partition coefficient (Wildman–Crippen LogP) is 8.39.